The summed E-state index contributed by atoms with van der Waals surface area (Å²) in [6.07, 6.45) is 1.62. The van der Waals surface area contributed by atoms with E-state index in [0.717, 1.165) is 0 Å². The Morgan fingerprint density at radius 1 is 1.36 bits per heavy atom. The number of nitrogens with zero attached hydrogens (tertiary/aromatic N) is 2. The van der Waals surface area contributed by atoms with Gasteiger partial charge in [-0.1, -0.05) is 11.6 Å². The van der Waals surface area contributed by atoms with Crippen molar-refractivity contribution in [2.75, 3.05) is 11.5 Å². The highest BCUT2D eigenvalue weighted by molar-refractivity contribution is 6.33. The summed E-state index contributed by atoms with van der Waals surface area (Å²) in [6, 6.07) is 3.46. The molecule has 0 saturated carbocycles. The normalized spacial score (nSPS) is 10.4. The maximum atomic E-state index is 5.93. The molecule has 0 radical (unpaired) electrons. The van der Waals surface area contributed by atoms with E-state index in [4.69, 9.17) is 23.1 Å². The number of H-pyrrole nitrogens is 1. The lowest BCUT2D eigenvalue weighted by atomic mass is 10.2. The zero-order valence-corrected chi connectivity index (χ0v) is 7.92. The third kappa shape index (κ3) is 1.27. The summed E-state index contributed by atoms with van der Waals surface area (Å²) in [6.45, 7) is 0. The molecule has 0 aliphatic carbocycles. The van der Waals surface area contributed by atoms with Gasteiger partial charge in [-0.25, -0.2) is 0 Å². The van der Waals surface area contributed by atoms with Gasteiger partial charge in [0.2, 0.25) is 0 Å². The fourth-order valence-electron chi connectivity index (χ4n) is 1.11. The smallest absolute Gasteiger partial charge is 0.169 e. The van der Waals surface area contributed by atoms with E-state index in [2.05, 4.69) is 15.2 Å². The fraction of sp³-hybridized carbons (Fsp3) is 0. The van der Waals surface area contributed by atoms with E-state index in [1.54, 1.807) is 18.3 Å². The number of aromatic amines is 1. The molecular formula is C8H8ClN5. The summed E-state index contributed by atoms with van der Waals surface area (Å²) in [5.41, 5.74) is 12.6. The predicted molar refractivity (Wildman–Crippen MR) is 55.7 cm³/mol. The summed E-state index contributed by atoms with van der Waals surface area (Å²) < 4.78 is 0. The van der Waals surface area contributed by atoms with Gasteiger partial charge in [-0.15, -0.1) is 0 Å². The zero-order valence-electron chi connectivity index (χ0n) is 7.16. The molecule has 2 heterocycles. The number of aromatic nitrogens is 3. The highest BCUT2D eigenvalue weighted by atomic mass is 35.5. The lowest BCUT2D eigenvalue weighted by molar-refractivity contribution is 1.09. The van der Waals surface area contributed by atoms with Gasteiger partial charge < -0.3 is 11.5 Å². The van der Waals surface area contributed by atoms with Crippen molar-refractivity contribution in [2.24, 2.45) is 0 Å². The first kappa shape index (κ1) is 8.83. The molecule has 5 nitrogen and oxygen atoms in total. The maximum Gasteiger partial charge on any atom is 0.169 e. The molecule has 0 bridgehead atoms. The number of anilines is 2. The molecule has 0 amide bonds. The second-order valence-electron chi connectivity index (χ2n) is 2.73. The van der Waals surface area contributed by atoms with E-state index in [9.17, 15) is 0 Å². The van der Waals surface area contributed by atoms with E-state index in [1.165, 1.54) is 0 Å². The van der Waals surface area contributed by atoms with Crippen molar-refractivity contribution in [1.29, 1.82) is 0 Å². The third-order valence-corrected chi connectivity index (χ3v) is 2.13. The van der Waals surface area contributed by atoms with Gasteiger partial charge in [-0.3, -0.25) is 10.1 Å². The van der Waals surface area contributed by atoms with E-state index in [1.807, 2.05) is 0 Å². The number of nitrogens with one attached hydrogen (secondary N) is 1. The molecule has 0 aliphatic heterocycles. The minimum absolute atomic E-state index is 0.252. The molecule has 0 aliphatic rings. The Morgan fingerprint density at radius 2 is 2.14 bits per heavy atom. The molecule has 0 aromatic carbocycles. The fourth-order valence-corrected chi connectivity index (χ4v) is 1.33. The van der Waals surface area contributed by atoms with Crippen LogP contribution in [0.4, 0.5) is 11.5 Å². The summed E-state index contributed by atoms with van der Waals surface area (Å²) >= 11 is 5.93. The SMILES string of the molecule is Nc1n[nH]c(-c2ncccc2Cl)c1N. The van der Waals surface area contributed by atoms with Gasteiger partial charge >= 0.3 is 0 Å². The third-order valence-electron chi connectivity index (χ3n) is 1.83. The summed E-state index contributed by atoms with van der Waals surface area (Å²) in [4.78, 5) is 4.08. The van der Waals surface area contributed by atoms with Crippen molar-refractivity contribution in [1.82, 2.24) is 15.2 Å². The molecule has 2 aromatic rings. The monoisotopic (exact) mass is 209 g/mol. The topological polar surface area (TPSA) is 93.6 Å². The molecule has 0 spiro atoms. The van der Waals surface area contributed by atoms with Crippen LogP contribution in [0.1, 0.15) is 0 Å². The van der Waals surface area contributed by atoms with Gasteiger partial charge in [-0.2, -0.15) is 5.10 Å². The number of nitrogen functional groups attached to an aromatic ring is 2. The predicted octanol–water partition coefficient (Wildman–Crippen LogP) is 1.29. The minimum atomic E-state index is 0.252. The van der Waals surface area contributed by atoms with Crippen molar-refractivity contribution in [2.45, 2.75) is 0 Å². The lowest BCUT2D eigenvalue weighted by Gasteiger charge is -2.00. The Bertz CT molecular complexity index is 465. The van der Waals surface area contributed by atoms with Gasteiger partial charge in [0.25, 0.3) is 0 Å². The second kappa shape index (κ2) is 3.19. The van der Waals surface area contributed by atoms with Gasteiger partial charge in [0.15, 0.2) is 5.82 Å². The molecule has 5 N–H and O–H groups in total. The molecule has 6 heteroatoms. The molecule has 0 fully saturated rings. The first-order valence-corrected chi connectivity index (χ1v) is 4.28. The molecule has 0 atom stereocenters. The van der Waals surface area contributed by atoms with Crippen LogP contribution >= 0.6 is 11.6 Å². The van der Waals surface area contributed by atoms with Crippen LogP contribution in [0, 0.1) is 0 Å². The van der Waals surface area contributed by atoms with Crippen molar-refractivity contribution >= 4 is 23.1 Å². The van der Waals surface area contributed by atoms with Crippen LogP contribution in [-0.4, -0.2) is 15.2 Å². The minimum Gasteiger partial charge on any atom is -0.394 e. The van der Waals surface area contributed by atoms with Crippen molar-refractivity contribution < 1.29 is 0 Å². The Morgan fingerprint density at radius 3 is 2.71 bits per heavy atom. The van der Waals surface area contributed by atoms with E-state index in [0.29, 0.717) is 22.1 Å². The van der Waals surface area contributed by atoms with Gasteiger partial charge in [0.1, 0.15) is 17.1 Å². The number of hydrogen-bond acceptors (Lipinski definition) is 4. The maximum absolute atomic E-state index is 5.93. The number of halogens is 1. The van der Waals surface area contributed by atoms with Crippen molar-refractivity contribution in [3.63, 3.8) is 0 Å². The average Bonchev–Trinajstić information content (AvgIpc) is 2.49. The van der Waals surface area contributed by atoms with Crippen molar-refractivity contribution in [3.05, 3.63) is 23.4 Å². The first-order valence-electron chi connectivity index (χ1n) is 3.90. The van der Waals surface area contributed by atoms with Crippen LogP contribution in [0.25, 0.3) is 11.4 Å². The van der Waals surface area contributed by atoms with Crippen molar-refractivity contribution in [3.8, 4) is 11.4 Å². The number of hydrogen-bond donors (Lipinski definition) is 3. The van der Waals surface area contributed by atoms with E-state index in [-0.39, 0.29) is 5.82 Å². The van der Waals surface area contributed by atoms with Gasteiger partial charge in [0, 0.05) is 6.20 Å². The number of rotatable bonds is 1. The molecule has 2 aromatic heterocycles. The van der Waals surface area contributed by atoms with Gasteiger partial charge in [0.05, 0.1) is 5.02 Å². The largest absolute Gasteiger partial charge is 0.394 e. The second-order valence-corrected chi connectivity index (χ2v) is 3.14. The molecular weight excluding hydrogens is 202 g/mol. The Labute approximate surface area is 85.1 Å². The van der Waals surface area contributed by atoms with Crippen LogP contribution in [-0.2, 0) is 0 Å². The van der Waals surface area contributed by atoms with Crippen LogP contribution in [0.15, 0.2) is 18.3 Å². The first-order chi connectivity index (χ1) is 6.70. The van der Waals surface area contributed by atoms with Gasteiger partial charge in [-0.05, 0) is 12.1 Å². The Hall–Kier alpha value is -1.75. The number of nitrogens with two attached hydrogens (primary N) is 2. The number of pyridine rings is 1. The van der Waals surface area contributed by atoms with E-state index < -0.39 is 0 Å². The quantitative estimate of drug-likeness (QED) is 0.660. The molecule has 14 heavy (non-hydrogen) atoms. The summed E-state index contributed by atoms with van der Waals surface area (Å²) in [7, 11) is 0. The van der Waals surface area contributed by atoms with Crippen LogP contribution < -0.4 is 11.5 Å². The molecule has 72 valence electrons. The lowest BCUT2D eigenvalue weighted by Crippen LogP contribution is -1.93. The highest BCUT2D eigenvalue weighted by Crippen LogP contribution is 2.30. The average molecular weight is 210 g/mol. The van der Waals surface area contributed by atoms with E-state index >= 15 is 0 Å². The van der Waals surface area contributed by atoms with Crippen LogP contribution in [0.5, 0.6) is 0 Å². The molecule has 2 rings (SSSR count). The zero-order chi connectivity index (χ0) is 10.1. The van der Waals surface area contributed by atoms with Crippen LogP contribution in [0.3, 0.4) is 0 Å². The highest BCUT2D eigenvalue weighted by Gasteiger charge is 2.12. The standard InChI is InChI=1S/C8H8ClN5/c9-4-2-1-3-12-6(4)7-5(10)8(11)14-13-7/h1-3H,10H2,(H3,11,13,14). The summed E-state index contributed by atoms with van der Waals surface area (Å²) in [5, 5.41) is 6.95. The Balaban J connectivity index is 2.60. The Kier molecular flexibility index (Phi) is 2.01. The van der Waals surface area contributed by atoms with Crippen LogP contribution in [0.2, 0.25) is 5.02 Å². The molecule has 0 unspecified atom stereocenters. The molecule has 0 saturated heterocycles. The summed E-state index contributed by atoms with van der Waals surface area (Å²) in [5.74, 6) is 0.252.